The van der Waals surface area contributed by atoms with Crippen molar-refractivity contribution in [2.45, 2.75) is 39.3 Å². The summed E-state index contributed by atoms with van der Waals surface area (Å²) < 4.78 is 5.24. The minimum atomic E-state index is -0.605. The number of carbonyl (C=O) groups is 3. The molecule has 0 radical (unpaired) electrons. The molecule has 0 saturated carbocycles. The zero-order chi connectivity index (χ0) is 19.6. The Morgan fingerprint density at radius 3 is 2.48 bits per heavy atom. The number of para-hydroxylation sites is 1. The molecule has 2 aromatic rings. The molecule has 0 saturated heterocycles. The van der Waals surface area contributed by atoms with E-state index in [9.17, 15) is 14.4 Å². The summed E-state index contributed by atoms with van der Waals surface area (Å²) in [5, 5.41) is 2.67. The number of nitrogens with one attached hydrogen (secondary N) is 1. The predicted octanol–water partition coefficient (Wildman–Crippen LogP) is 3.44. The van der Waals surface area contributed by atoms with Crippen LogP contribution in [0.5, 0.6) is 0 Å². The molecule has 0 atom stereocenters. The van der Waals surface area contributed by atoms with Gasteiger partial charge in [0.25, 0.3) is 5.91 Å². The lowest BCUT2D eigenvalue weighted by atomic mass is 9.97. The van der Waals surface area contributed by atoms with Crippen LogP contribution in [0.2, 0.25) is 0 Å². The summed E-state index contributed by atoms with van der Waals surface area (Å²) >= 11 is 0. The maximum Gasteiger partial charge on any atom is 0.407 e. The van der Waals surface area contributed by atoms with Crippen molar-refractivity contribution in [3.8, 4) is 0 Å². The summed E-state index contributed by atoms with van der Waals surface area (Å²) in [7, 11) is 0. The van der Waals surface area contributed by atoms with Crippen LogP contribution in [-0.2, 0) is 22.5 Å². The van der Waals surface area contributed by atoms with Gasteiger partial charge in [-0.3, -0.25) is 9.59 Å². The minimum absolute atomic E-state index is 0.143. The van der Waals surface area contributed by atoms with Crippen LogP contribution in [0.3, 0.4) is 0 Å². The lowest BCUT2D eigenvalue weighted by Gasteiger charge is -2.28. The van der Waals surface area contributed by atoms with Gasteiger partial charge in [0.1, 0.15) is 5.60 Å². The van der Waals surface area contributed by atoms with Gasteiger partial charge in [-0.1, -0.05) is 36.4 Å². The normalized spacial score (nSPS) is 14.0. The molecule has 140 valence electrons. The molecule has 0 fully saturated rings. The number of rotatable bonds is 3. The number of alkyl carbamates (subject to hydrolysis) is 1. The van der Waals surface area contributed by atoms with Crippen LogP contribution in [0.4, 0.5) is 10.5 Å². The Bertz CT molecular complexity index is 899. The van der Waals surface area contributed by atoms with Crippen molar-refractivity contribution in [3.05, 3.63) is 65.2 Å². The second-order valence-corrected chi connectivity index (χ2v) is 7.35. The molecule has 0 unspecified atom stereocenters. The highest BCUT2D eigenvalue weighted by Gasteiger charge is 2.33. The fraction of sp³-hybridized carbons (Fsp3) is 0.286. The third kappa shape index (κ3) is 4.16. The van der Waals surface area contributed by atoms with E-state index in [1.54, 1.807) is 63.2 Å². The van der Waals surface area contributed by atoms with E-state index < -0.39 is 11.7 Å². The SMILES string of the molecule is CC(C)(C)OC(=O)NCc1ccccc1N1C(=O)Cc2ccccc2C1=O. The van der Waals surface area contributed by atoms with Crippen molar-refractivity contribution in [3.63, 3.8) is 0 Å². The van der Waals surface area contributed by atoms with Crippen LogP contribution < -0.4 is 10.2 Å². The molecule has 3 rings (SSSR count). The molecule has 6 nitrogen and oxygen atoms in total. The molecule has 2 aromatic carbocycles. The number of amides is 3. The molecular formula is C21H22N2O4. The summed E-state index contributed by atoms with van der Waals surface area (Å²) in [6.45, 7) is 5.49. The Hall–Kier alpha value is -3.15. The first-order chi connectivity index (χ1) is 12.8. The van der Waals surface area contributed by atoms with E-state index in [0.29, 0.717) is 16.8 Å². The third-order valence-electron chi connectivity index (χ3n) is 4.10. The quantitative estimate of drug-likeness (QED) is 0.845. The second kappa shape index (κ2) is 7.23. The molecule has 0 bridgehead atoms. The monoisotopic (exact) mass is 366 g/mol. The molecule has 1 heterocycles. The molecule has 27 heavy (non-hydrogen) atoms. The van der Waals surface area contributed by atoms with Gasteiger partial charge in [-0.25, -0.2) is 9.69 Å². The minimum Gasteiger partial charge on any atom is -0.444 e. The Labute approximate surface area is 158 Å². The number of anilines is 1. The summed E-state index contributed by atoms with van der Waals surface area (Å²) in [6.07, 6.45) is -0.394. The van der Waals surface area contributed by atoms with E-state index in [2.05, 4.69) is 5.32 Å². The molecule has 1 aliphatic rings. The number of hydrogen-bond donors (Lipinski definition) is 1. The first-order valence-corrected chi connectivity index (χ1v) is 8.76. The molecule has 0 aliphatic carbocycles. The topological polar surface area (TPSA) is 75.7 Å². The van der Waals surface area contributed by atoms with Crippen LogP contribution >= 0.6 is 0 Å². The number of carbonyl (C=O) groups excluding carboxylic acids is 3. The van der Waals surface area contributed by atoms with Crippen LogP contribution in [-0.4, -0.2) is 23.5 Å². The fourth-order valence-corrected chi connectivity index (χ4v) is 2.96. The number of nitrogens with zero attached hydrogens (tertiary/aromatic N) is 1. The van der Waals surface area contributed by atoms with Crippen molar-refractivity contribution in [1.82, 2.24) is 5.32 Å². The maximum atomic E-state index is 12.9. The van der Waals surface area contributed by atoms with Crippen molar-refractivity contribution < 1.29 is 19.1 Å². The number of fused-ring (bicyclic) bond motifs is 1. The zero-order valence-corrected chi connectivity index (χ0v) is 15.6. The van der Waals surface area contributed by atoms with Crippen molar-refractivity contribution >= 4 is 23.6 Å². The van der Waals surface area contributed by atoms with Gasteiger partial charge in [0.05, 0.1) is 12.1 Å². The van der Waals surface area contributed by atoms with Crippen molar-refractivity contribution in [1.29, 1.82) is 0 Å². The standard InChI is InChI=1S/C21H22N2O4/c1-21(2,3)27-20(26)22-13-15-9-5-7-11-17(15)23-18(24)12-14-8-4-6-10-16(14)19(23)25/h4-11H,12-13H2,1-3H3,(H,22,26). The maximum absolute atomic E-state index is 12.9. The Kier molecular flexibility index (Phi) is 4.99. The van der Waals surface area contributed by atoms with E-state index in [1.807, 2.05) is 6.07 Å². The van der Waals surface area contributed by atoms with Gasteiger partial charge in [-0.2, -0.15) is 0 Å². The van der Waals surface area contributed by atoms with Crippen LogP contribution in [0.25, 0.3) is 0 Å². The molecule has 6 heteroatoms. The lowest BCUT2D eigenvalue weighted by Crippen LogP contribution is -2.43. The molecule has 3 amide bonds. The first-order valence-electron chi connectivity index (χ1n) is 8.76. The molecule has 0 aromatic heterocycles. The van der Waals surface area contributed by atoms with E-state index in [4.69, 9.17) is 4.74 Å². The Morgan fingerprint density at radius 1 is 1.07 bits per heavy atom. The van der Waals surface area contributed by atoms with Crippen LogP contribution in [0, 0.1) is 0 Å². The average Bonchev–Trinajstić information content (AvgIpc) is 2.59. The van der Waals surface area contributed by atoms with Gasteiger partial charge in [0, 0.05) is 12.1 Å². The highest BCUT2D eigenvalue weighted by molar-refractivity contribution is 6.25. The van der Waals surface area contributed by atoms with Gasteiger partial charge in [0.2, 0.25) is 5.91 Å². The lowest BCUT2D eigenvalue weighted by molar-refractivity contribution is -0.117. The summed E-state index contributed by atoms with van der Waals surface area (Å²) in [5.41, 5.74) is 1.77. The van der Waals surface area contributed by atoms with Crippen molar-refractivity contribution in [2.75, 3.05) is 4.90 Å². The van der Waals surface area contributed by atoms with E-state index >= 15 is 0 Å². The highest BCUT2D eigenvalue weighted by atomic mass is 16.6. The highest BCUT2D eigenvalue weighted by Crippen LogP contribution is 2.28. The van der Waals surface area contributed by atoms with Gasteiger partial charge in [-0.15, -0.1) is 0 Å². The number of benzene rings is 2. The third-order valence-corrected chi connectivity index (χ3v) is 4.10. The summed E-state index contributed by atoms with van der Waals surface area (Å²) in [4.78, 5) is 38.7. The van der Waals surface area contributed by atoms with Gasteiger partial charge in [-0.05, 0) is 44.0 Å². The van der Waals surface area contributed by atoms with Gasteiger partial charge >= 0.3 is 6.09 Å². The Balaban J connectivity index is 1.85. The van der Waals surface area contributed by atoms with Crippen LogP contribution in [0.1, 0.15) is 42.3 Å². The summed E-state index contributed by atoms with van der Waals surface area (Å²) in [6, 6.07) is 14.1. The van der Waals surface area contributed by atoms with Crippen LogP contribution in [0.15, 0.2) is 48.5 Å². The predicted molar refractivity (Wildman–Crippen MR) is 101 cm³/mol. The summed E-state index contributed by atoms with van der Waals surface area (Å²) in [5.74, 6) is -0.644. The molecule has 0 spiro atoms. The number of ether oxygens (including phenoxy) is 1. The fourth-order valence-electron chi connectivity index (χ4n) is 2.96. The van der Waals surface area contributed by atoms with E-state index in [0.717, 1.165) is 5.56 Å². The zero-order valence-electron chi connectivity index (χ0n) is 15.6. The number of hydrogen-bond acceptors (Lipinski definition) is 4. The second-order valence-electron chi connectivity index (χ2n) is 7.35. The van der Waals surface area contributed by atoms with Crippen molar-refractivity contribution in [2.24, 2.45) is 0 Å². The van der Waals surface area contributed by atoms with Gasteiger partial charge < -0.3 is 10.1 Å². The molecular weight excluding hydrogens is 344 g/mol. The largest absolute Gasteiger partial charge is 0.444 e. The first kappa shape index (κ1) is 18.6. The number of imide groups is 1. The molecule has 1 aliphatic heterocycles. The Morgan fingerprint density at radius 2 is 1.74 bits per heavy atom. The average molecular weight is 366 g/mol. The molecule has 1 N–H and O–H groups in total. The smallest absolute Gasteiger partial charge is 0.407 e. The van der Waals surface area contributed by atoms with E-state index in [-0.39, 0.29) is 24.8 Å². The van der Waals surface area contributed by atoms with E-state index in [1.165, 1.54) is 4.90 Å². The van der Waals surface area contributed by atoms with Gasteiger partial charge in [0.15, 0.2) is 0 Å².